The minimum Gasteiger partial charge on any atom is -0.503 e. The average molecular weight is 285 g/mol. The second-order valence-corrected chi connectivity index (χ2v) is 4.29. The number of nitrogen functional groups attached to an aromatic ring is 1. The number of aliphatic hydroxyl groups is 2. The van der Waals surface area contributed by atoms with Crippen molar-refractivity contribution in [1.82, 2.24) is 9.55 Å². The summed E-state index contributed by atoms with van der Waals surface area (Å²) in [5, 5.41) is 28.3. The first-order valence-corrected chi connectivity index (χ1v) is 5.52. The molecule has 2 heterocycles. The molecule has 0 bridgehead atoms. The van der Waals surface area contributed by atoms with E-state index >= 15 is 0 Å². The zero-order valence-electron chi connectivity index (χ0n) is 10.1. The quantitative estimate of drug-likeness (QED) is 0.468. The largest absolute Gasteiger partial charge is 0.503 e. The molecule has 0 unspecified atom stereocenters. The fourth-order valence-electron chi connectivity index (χ4n) is 1.92. The summed E-state index contributed by atoms with van der Waals surface area (Å²) in [6, 6.07) is 0. The van der Waals surface area contributed by atoms with Crippen LogP contribution in [0.4, 0.5) is 10.2 Å². The third kappa shape index (κ3) is 1.90. The first-order chi connectivity index (χ1) is 9.36. The lowest BCUT2D eigenvalue weighted by molar-refractivity contribution is -0.0923. The molecule has 4 atom stereocenters. The van der Waals surface area contributed by atoms with Crippen LogP contribution in [0, 0.1) is 12.3 Å². The highest BCUT2D eigenvalue weighted by molar-refractivity contribution is 5.41. The number of rotatable bonds is 2. The van der Waals surface area contributed by atoms with Crippen LogP contribution in [-0.4, -0.2) is 49.4 Å². The molecule has 2 rings (SSSR count). The molecule has 0 spiro atoms. The molecule has 0 saturated carbocycles. The Kier molecular flexibility index (Phi) is 3.39. The third-order valence-electron chi connectivity index (χ3n) is 3.10. The topological polar surface area (TPSA) is 131 Å². The highest BCUT2D eigenvalue weighted by atomic mass is 19.1. The molecule has 1 fully saturated rings. The number of terminal acetylenes is 1. The highest BCUT2D eigenvalue weighted by Gasteiger charge is 2.55. The maximum Gasteiger partial charge on any atom is 0.351 e. The Morgan fingerprint density at radius 3 is 2.85 bits per heavy atom. The Bertz CT molecular complexity index is 627. The van der Waals surface area contributed by atoms with E-state index in [1.54, 1.807) is 0 Å². The van der Waals surface area contributed by atoms with E-state index in [0.29, 0.717) is 4.57 Å². The van der Waals surface area contributed by atoms with E-state index in [-0.39, 0.29) is 0 Å². The van der Waals surface area contributed by atoms with Crippen molar-refractivity contribution in [3.05, 3.63) is 16.7 Å². The molecule has 1 aliphatic rings. The average Bonchev–Trinajstić information content (AvgIpc) is 2.68. The molecule has 0 amide bonds. The number of halogens is 1. The Morgan fingerprint density at radius 2 is 2.35 bits per heavy atom. The molecule has 8 nitrogen and oxygen atoms in total. The number of aromatic nitrogens is 2. The summed E-state index contributed by atoms with van der Waals surface area (Å²) in [5.41, 5.74) is 2.26. The van der Waals surface area contributed by atoms with E-state index in [1.165, 1.54) is 0 Å². The first-order valence-electron chi connectivity index (χ1n) is 5.52. The van der Waals surface area contributed by atoms with E-state index in [0.717, 1.165) is 6.20 Å². The standard InChI is InChI=1S/C11H12FN3O5/c1-2-11(4-16)7(18)6(12)9(20-11)15-3-5(17)8(13)14-10(15)19/h1,3,6-7,9,16-18H,4H2,(H2,13,14,19)/t6-,7-,9+,11+/m0/s1. The fraction of sp³-hybridized carbons (Fsp3) is 0.455. The number of nitrogens with two attached hydrogens (primary N) is 1. The maximum atomic E-state index is 14.1. The summed E-state index contributed by atoms with van der Waals surface area (Å²) in [6.07, 6.45) is 0.374. The first kappa shape index (κ1) is 14.3. The number of aliphatic hydroxyl groups excluding tert-OH is 2. The SMILES string of the molecule is C#C[C@]1(CO)O[C@@H](n2cc(O)c(N)nc2=O)[C@@H](F)[C@@H]1O. The van der Waals surface area contributed by atoms with Crippen LogP contribution in [0.15, 0.2) is 11.0 Å². The van der Waals surface area contributed by atoms with Gasteiger partial charge < -0.3 is 25.8 Å². The highest BCUT2D eigenvalue weighted by Crippen LogP contribution is 2.38. The minimum atomic E-state index is -2.10. The van der Waals surface area contributed by atoms with Gasteiger partial charge in [-0.05, 0) is 0 Å². The molecule has 108 valence electrons. The van der Waals surface area contributed by atoms with E-state index in [4.69, 9.17) is 16.9 Å². The van der Waals surface area contributed by atoms with Gasteiger partial charge in [0.25, 0.3) is 0 Å². The zero-order chi connectivity index (χ0) is 15.1. The number of alkyl halides is 1. The molecule has 20 heavy (non-hydrogen) atoms. The zero-order valence-corrected chi connectivity index (χ0v) is 10.1. The maximum absolute atomic E-state index is 14.1. The second-order valence-electron chi connectivity index (χ2n) is 4.29. The van der Waals surface area contributed by atoms with Gasteiger partial charge in [-0.15, -0.1) is 6.42 Å². The van der Waals surface area contributed by atoms with Crippen LogP contribution in [0.25, 0.3) is 0 Å². The number of aromatic hydroxyl groups is 1. The molecule has 0 radical (unpaired) electrons. The molecule has 1 aliphatic heterocycles. The van der Waals surface area contributed by atoms with Crippen LogP contribution in [0.5, 0.6) is 5.75 Å². The van der Waals surface area contributed by atoms with Gasteiger partial charge in [0, 0.05) is 0 Å². The molecule has 0 aromatic carbocycles. The summed E-state index contributed by atoms with van der Waals surface area (Å²) in [5.74, 6) is 0.984. The van der Waals surface area contributed by atoms with Crippen molar-refractivity contribution in [2.24, 2.45) is 0 Å². The van der Waals surface area contributed by atoms with Crippen LogP contribution in [0.1, 0.15) is 6.23 Å². The van der Waals surface area contributed by atoms with E-state index < -0.39 is 48.0 Å². The predicted octanol–water partition coefficient (Wildman–Crippen LogP) is -1.88. The van der Waals surface area contributed by atoms with Crippen molar-refractivity contribution in [3.63, 3.8) is 0 Å². The van der Waals surface area contributed by atoms with Crippen LogP contribution in [0.3, 0.4) is 0 Å². The van der Waals surface area contributed by atoms with Crippen LogP contribution in [-0.2, 0) is 4.74 Å². The number of hydrogen-bond acceptors (Lipinski definition) is 7. The van der Waals surface area contributed by atoms with E-state index in [1.807, 2.05) is 5.92 Å². The number of hydrogen-bond donors (Lipinski definition) is 4. The predicted molar refractivity (Wildman–Crippen MR) is 64.2 cm³/mol. The van der Waals surface area contributed by atoms with Crippen LogP contribution in [0.2, 0.25) is 0 Å². The van der Waals surface area contributed by atoms with Gasteiger partial charge in [0.05, 0.1) is 12.8 Å². The normalized spacial score (nSPS) is 33.0. The van der Waals surface area contributed by atoms with Crippen molar-refractivity contribution in [2.75, 3.05) is 12.3 Å². The molecular formula is C11H12FN3O5. The molecule has 1 aromatic heterocycles. The van der Waals surface area contributed by atoms with Gasteiger partial charge in [0.1, 0.15) is 6.10 Å². The van der Waals surface area contributed by atoms with Gasteiger partial charge >= 0.3 is 5.69 Å². The van der Waals surface area contributed by atoms with Gasteiger partial charge in [-0.2, -0.15) is 4.98 Å². The molecule has 0 aliphatic carbocycles. The van der Waals surface area contributed by atoms with Gasteiger partial charge in [-0.25, -0.2) is 9.18 Å². The van der Waals surface area contributed by atoms with E-state index in [2.05, 4.69) is 4.98 Å². The second kappa shape index (κ2) is 4.75. The molecule has 5 N–H and O–H groups in total. The summed E-state index contributed by atoms with van der Waals surface area (Å²) in [6.45, 7) is -0.843. The minimum absolute atomic E-state index is 0.425. The van der Waals surface area contributed by atoms with Crippen LogP contribution >= 0.6 is 0 Å². The Labute approximate surface area is 112 Å². The molecule has 1 aromatic rings. The van der Waals surface area contributed by atoms with E-state index in [9.17, 15) is 24.5 Å². The molecule has 1 saturated heterocycles. The number of ether oxygens (including phenoxy) is 1. The van der Waals surface area contributed by atoms with Crippen molar-refractivity contribution in [3.8, 4) is 18.1 Å². The van der Waals surface area contributed by atoms with Crippen LogP contribution < -0.4 is 11.4 Å². The monoisotopic (exact) mass is 285 g/mol. The Hall–Kier alpha value is -2.15. The number of nitrogens with zero attached hydrogens (tertiary/aromatic N) is 2. The molecule has 9 heteroatoms. The third-order valence-corrected chi connectivity index (χ3v) is 3.10. The lowest BCUT2D eigenvalue weighted by Gasteiger charge is -2.23. The lowest BCUT2D eigenvalue weighted by atomic mass is 9.98. The number of anilines is 1. The summed E-state index contributed by atoms with van der Waals surface area (Å²) in [4.78, 5) is 14.9. The lowest BCUT2D eigenvalue weighted by Crippen LogP contribution is -2.44. The molecular weight excluding hydrogens is 273 g/mol. The Morgan fingerprint density at radius 1 is 1.70 bits per heavy atom. The van der Waals surface area contributed by atoms with Crippen molar-refractivity contribution in [2.45, 2.75) is 24.1 Å². The van der Waals surface area contributed by atoms with Gasteiger partial charge in [-0.1, -0.05) is 5.92 Å². The van der Waals surface area contributed by atoms with Gasteiger partial charge in [0.15, 0.2) is 29.6 Å². The summed E-state index contributed by atoms with van der Waals surface area (Å²) in [7, 11) is 0. The van der Waals surface area contributed by atoms with Crippen molar-refractivity contribution < 1.29 is 24.4 Å². The summed E-state index contributed by atoms with van der Waals surface area (Å²) < 4.78 is 19.8. The fourth-order valence-corrected chi connectivity index (χ4v) is 1.92. The Balaban J connectivity index is 2.48. The van der Waals surface area contributed by atoms with Crippen molar-refractivity contribution in [1.29, 1.82) is 0 Å². The van der Waals surface area contributed by atoms with Gasteiger partial charge in [0.2, 0.25) is 0 Å². The summed E-state index contributed by atoms with van der Waals surface area (Å²) >= 11 is 0. The smallest absolute Gasteiger partial charge is 0.351 e. The van der Waals surface area contributed by atoms with Crippen molar-refractivity contribution >= 4 is 5.82 Å². The van der Waals surface area contributed by atoms with Gasteiger partial charge in [-0.3, -0.25) is 4.57 Å².